The molecule has 0 bridgehead atoms. The first-order chi connectivity index (χ1) is 8.19. The third kappa shape index (κ3) is 2.90. The zero-order valence-electron chi connectivity index (χ0n) is 11.5. The van der Waals surface area contributed by atoms with Crippen LogP contribution in [0.1, 0.15) is 58.8 Å². The van der Waals surface area contributed by atoms with Crippen molar-refractivity contribution in [2.24, 2.45) is 11.3 Å². The van der Waals surface area contributed by atoms with E-state index in [9.17, 15) is 4.79 Å². The highest BCUT2D eigenvalue weighted by Crippen LogP contribution is 2.38. The van der Waals surface area contributed by atoms with E-state index in [4.69, 9.17) is 0 Å². The van der Waals surface area contributed by atoms with E-state index in [1.165, 1.54) is 38.8 Å². The van der Waals surface area contributed by atoms with Gasteiger partial charge >= 0.3 is 0 Å². The maximum atomic E-state index is 11.7. The maximum absolute atomic E-state index is 11.7. The summed E-state index contributed by atoms with van der Waals surface area (Å²) < 4.78 is 0. The minimum atomic E-state index is 0.366. The molecule has 1 aliphatic carbocycles. The van der Waals surface area contributed by atoms with Crippen LogP contribution >= 0.6 is 0 Å². The second kappa shape index (κ2) is 5.51. The van der Waals surface area contributed by atoms with Crippen LogP contribution in [0.25, 0.3) is 0 Å². The molecule has 2 nitrogen and oxygen atoms in total. The van der Waals surface area contributed by atoms with Gasteiger partial charge in [-0.15, -0.1) is 0 Å². The monoisotopic (exact) mass is 237 g/mol. The van der Waals surface area contributed by atoms with Crippen molar-refractivity contribution < 1.29 is 4.79 Å². The van der Waals surface area contributed by atoms with Gasteiger partial charge in [0.2, 0.25) is 0 Å². The molecule has 0 radical (unpaired) electrons. The standard InChI is InChI=1S/C15H27NO/c1-3-15(4-2)8-10-16(11-9-15)12-13-6-5-7-14(13)17/h13H,3-12H2,1-2H3. The Morgan fingerprint density at radius 1 is 1.24 bits per heavy atom. The number of carbonyl (C=O) groups is 1. The summed E-state index contributed by atoms with van der Waals surface area (Å²) in [5.41, 5.74) is 0.607. The van der Waals surface area contributed by atoms with Gasteiger partial charge in [0, 0.05) is 18.9 Å². The molecule has 0 spiro atoms. The Bertz CT molecular complexity index is 260. The predicted molar refractivity (Wildman–Crippen MR) is 71.0 cm³/mol. The van der Waals surface area contributed by atoms with Gasteiger partial charge in [-0.2, -0.15) is 0 Å². The van der Waals surface area contributed by atoms with Gasteiger partial charge in [0.1, 0.15) is 5.78 Å². The second-order valence-corrected chi connectivity index (χ2v) is 6.06. The number of likely N-dealkylation sites (tertiary alicyclic amines) is 1. The van der Waals surface area contributed by atoms with E-state index in [1.807, 2.05) is 0 Å². The lowest BCUT2D eigenvalue weighted by molar-refractivity contribution is -0.121. The Balaban J connectivity index is 1.81. The summed E-state index contributed by atoms with van der Waals surface area (Å²) >= 11 is 0. The average molecular weight is 237 g/mol. The fraction of sp³-hybridized carbons (Fsp3) is 0.933. The highest BCUT2D eigenvalue weighted by Gasteiger charge is 2.33. The number of rotatable bonds is 4. The molecule has 1 saturated heterocycles. The molecular weight excluding hydrogens is 210 g/mol. The van der Waals surface area contributed by atoms with Crippen molar-refractivity contribution in [3.8, 4) is 0 Å². The van der Waals surface area contributed by atoms with E-state index in [2.05, 4.69) is 18.7 Å². The van der Waals surface area contributed by atoms with Crippen molar-refractivity contribution in [3.63, 3.8) is 0 Å². The molecular formula is C15H27NO. The van der Waals surface area contributed by atoms with Crippen LogP contribution in [-0.4, -0.2) is 30.3 Å². The Labute approximate surface area is 106 Å². The van der Waals surface area contributed by atoms with E-state index in [1.54, 1.807) is 0 Å². The molecule has 0 aromatic heterocycles. The van der Waals surface area contributed by atoms with Gasteiger partial charge in [-0.25, -0.2) is 0 Å². The Kier molecular flexibility index (Phi) is 4.24. The highest BCUT2D eigenvalue weighted by atomic mass is 16.1. The van der Waals surface area contributed by atoms with Crippen LogP contribution in [0.5, 0.6) is 0 Å². The molecule has 17 heavy (non-hydrogen) atoms. The van der Waals surface area contributed by atoms with E-state index in [0.29, 0.717) is 17.1 Å². The third-order valence-electron chi connectivity index (χ3n) is 5.33. The van der Waals surface area contributed by atoms with Crippen molar-refractivity contribution in [2.75, 3.05) is 19.6 Å². The minimum Gasteiger partial charge on any atom is -0.303 e. The molecule has 1 heterocycles. The number of carbonyl (C=O) groups excluding carboxylic acids is 1. The number of Topliss-reactive ketones (excluding diaryl/α,β-unsaturated/α-hetero) is 1. The summed E-state index contributed by atoms with van der Waals surface area (Å²) in [5, 5.41) is 0. The van der Waals surface area contributed by atoms with Gasteiger partial charge in [0.25, 0.3) is 0 Å². The van der Waals surface area contributed by atoms with Crippen LogP contribution in [0, 0.1) is 11.3 Å². The zero-order valence-corrected chi connectivity index (χ0v) is 11.5. The van der Waals surface area contributed by atoms with Crippen molar-refractivity contribution in [2.45, 2.75) is 58.8 Å². The summed E-state index contributed by atoms with van der Waals surface area (Å²) in [6.45, 7) is 8.14. The molecule has 98 valence electrons. The summed E-state index contributed by atoms with van der Waals surface area (Å²) in [6.07, 6.45) is 8.42. The lowest BCUT2D eigenvalue weighted by Gasteiger charge is -2.41. The average Bonchev–Trinajstić information content (AvgIpc) is 2.77. The molecule has 0 aromatic rings. The van der Waals surface area contributed by atoms with Crippen LogP contribution in [0.15, 0.2) is 0 Å². The zero-order chi connectivity index (χ0) is 12.3. The second-order valence-electron chi connectivity index (χ2n) is 6.06. The molecule has 0 amide bonds. The lowest BCUT2D eigenvalue weighted by Crippen LogP contribution is -2.42. The van der Waals surface area contributed by atoms with Crippen molar-refractivity contribution in [3.05, 3.63) is 0 Å². The van der Waals surface area contributed by atoms with E-state index >= 15 is 0 Å². The first-order valence-corrected chi connectivity index (χ1v) is 7.44. The molecule has 1 saturated carbocycles. The predicted octanol–water partition coefficient (Wildman–Crippen LogP) is 3.26. The third-order valence-corrected chi connectivity index (χ3v) is 5.33. The van der Waals surface area contributed by atoms with Crippen LogP contribution < -0.4 is 0 Å². The molecule has 2 fully saturated rings. The normalized spacial score (nSPS) is 29.8. The van der Waals surface area contributed by atoms with Crippen LogP contribution in [-0.2, 0) is 4.79 Å². The fourth-order valence-electron chi connectivity index (χ4n) is 3.56. The van der Waals surface area contributed by atoms with Crippen LogP contribution in [0.4, 0.5) is 0 Å². The molecule has 2 aliphatic rings. The summed E-state index contributed by atoms with van der Waals surface area (Å²) in [7, 11) is 0. The SMILES string of the molecule is CCC1(CC)CCN(CC2CCCC2=O)CC1. The molecule has 0 aromatic carbocycles. The first-order valence-electron chi connectivity index (χ1n) is 7.44. The van der Waals surface area contributed by atoms with Gasteiger partial charge in [0.05, 0.1) is 0 Å². The number of ketones is 1. The molecule has 2 heteroatoms. The fourth-order valence-corrected chi connectivity index (χ4v) is 3.56. The van der Waals surface area contributed by atoms with Crippen LogP contribution in [0.3, 0.4) is 0 Å². The highest BCUT2D eigenvalue weighted by molar-refractivity contribution is 5.83. The maximum Gasteiger partial charge on any atom is 0.137 e. The van der Waals surface area contributed by atoms with E-state index in [0.717, 1.165) is 25.8 Å². The smallest absolute Gasteiger partial charge is 0.137 e. The Morgan fingerprint density at radius 3 is 2.35 bits per heavy atom. The number of piperidine rings is 1. The summed E-state index contributed by atoms with van der Waals surface area (Å²) in [6, 6.07) is 0. The van der Waals surface area contributed by atoms with Gasteiger partial charge < -0.3 is 4.90 Å². The van der Waals surface area contributed by atoms with Crippen molar-refractivity contribution in [1.29, 1.82) is 0 Å². The quantitative estimate of drug-likeness (QED) is 0.748. The molecule has 1 aliphatic heterocycles. The number of nitrogens with zero attached hydrogens (tertiary/aromatic N) is 1. The Hall–Kier alpha value is -0.370. The van der Waals surface area contributed by atoms with Gasteiger partial charge in [-0.05, 0) is 44.2 Å². The topological polar surface area (TPSA) is 20.3 Å². The first kappa shape index (κ1) is 13.1. The van der Waals surface area contributed by atoms with Crippen LogP contribution in [0.2, 0.25) is 0 Å². The summed E-state index contributed by atoms with van der Waals surface area (Å²) in [5.74, 6) is 0.888. The van der Waals surface area contributed by atoms with E-state index in [-0.39, 0.29) is 0 Å². The molecule has 2 rings (SSSR count). The number of hydrogen-bond acceptors (Lipinski definition) is 2. The molecule has 0 N–H and O–H groups in total. The minimum absolute atomic E-state index is 0.366. The van der Waals surface area contributed by atoms with Crippen molar-refractivity contribution >= 4 is 5.78 Å². The van der Waals surface area contributed by atoms with E-state index < -0.39 is 0 Å². The van der Waals surface area contributed by atoms with Gasteiger partial charge in [0.15, 0.2) is 0 Å². The van der Waals surface area contributed by atoms with Gasteiger partial charge in [-0.1, -0.05) is 26.7 Å². The molecule has 1 atom stereocenters. The van der Waals surface area contributed by atoms with Crippen molar-refractivity contribution in [1.82, 2.24) is 4.90 Å². The largest absolute Gasteiger partial charge is 0.303 e. The molecule has 1 unspecified atom stereocenters. The summed E-state index contributed by atoms with van der Waals surface area (Å²) in [4.78, 5) is 14.2. The lowest BCUT2D eigenvalue weighted by atomic mass is 9.74. The van der Waals surface area contributed by atoms with Gasteiger partial charge in [-0.3, -0.25) is 4.79 Å². The number of hydrogen-bond donors (Lipinski definition) is 0. The Morgan fingerprint density at radius 2 is 1.88 bits per heavy atom.